The van der Waals surface area contributed by atoms with Crippen LogP contribution in [0.3, 0.4) is 0 Å². The van der Waals surface area contributed by atoms with Crippen LogP contribution in [-0.4, -0.2) is 61.6 Å². The molecule has 0 bridgehead atoms. The number of nitriles is 1. The smallest absolute Gasteiger partial charge is 0.355 e. The van der Waals surface area contributed by atoms with E-state index in [1.165, 1.54) is 22.8 Å². The van der Waals surface area contributed by atoms with Crippen molar-refractivity contribution in [3.05, 3.63) is 63.1 Å². The molecule has 2 aromatic rings. The van der Waals surface area contributed by atoms with E-state index in [9.17, 15) is 28.1 Å². The summed E-state index contributed by atoms with van der Waals surface area (Å²) in [6, 6.07) is 8.38. The molecule has 12 nitrogen and oxygen atoms in total. The molecule has 1 aromatic heterocycles. The van der Waals surface area contributed by atoms with Gasteiger partial charge in [-0.3, -0.25) is 9.59 Å². The highest BCUT2D eigenvalue weighted by Gasteiger charge is 2.53. The Morgan fingerprint density at radius 1 is 1.17 bits per heavy atom. The van der Waals surface area contributed by atoms with Gasteiger partial charge in [-0.05, 0) is 51.3 Å². The van der Waals surface area contributed by atoms with Crippen molar-refractivity contribution in [2.45, 2.75) is 75.3 Å². The largest absolute Gasteiger partial charge is 0.463 e. The Kier molecular flexibility index (Phi) is 8.02. The fourth-order valence-electron chi connectivity index (χ4n) is 5.95. The van der Waals surface area contributed by atoms with Crippen molar-refractivity contribution >= 4 is 22.0 Å². The third-order valence-corrected chi connectivity index (χ3v) is 10.1. The summed E-state index contributed by atoms with van der Waals surface area (Å²) in [5, 5.41) is 10.1. The van der Waals surface area contributed by atoms with Gasteiger partial charge in [0.2, 0.25) is 21.4 Å². The Bertz CT molecular complexity index is 1600. The number of aryl methyl sites for hydroxylation is 1. The molecule has 13 heteroatoms. The van der Waals surface area contributed by atoms with E-state index in [0.717, 1.165) is 9.87 Å². The summed E-state index contributed by atoms with van der Waals surface area (Å²) < 4.78 is 52.5. The zero-order valence-corrected chi connectivity index (χ0v) is 24.6. The second-order valence-electron chi connectivity index (χ2n) is 10.5. The van der Waals surface area contributed by atoms with Crippen molar-refractivity contribution in [1.82, 2.24) is 8.87 Å². The van der Waals surface area contributed by atoms with Crippen LogP contribution < -0.4 is 5.56 Å². The van der Waals surface area contributed by atoms with Gasteiger partial charge in [0.1, 0.15) is 17.7 Å². The first-order chi connectivity index (χ1) is 20.0. The fraction of sp³-hybridized carbons (Fsp3) is 0.517. The minimum atomic E-state index is -4.07. The molecule has 4 heterocycles. The number of fused-ring (bicyclic) bond motifs is 2. The second kappa shape index (κ2) is 11.3. The molecule has 1 spiro atoms. The molecular formula is C29H33N3O9S. The van der Waals surface area contributed by atoms with Gasteiger partial charge in [0.25, 0.3) is 5.56 Å². The number of esters is 2. The number of sulfonamides is 1. The van der Waals surface area contributed by atoms with E-state index >= 15 is 0 Å². The van der Waals surface area contributed by atoms with Gasteiger partial charge in [-0.15, -0.1) is 0 Å². The van der Waals surface area contributed by atoms with Crippen LogP contribution in [0, 0.1) is 18.3 Å². The van der Waals surface area contributed by atoms with E-state index in [4.69, 9.17) is 18.9 Å². The van der Waals surface area contributed by atoms with E-state index < -0.39 is 45.0 Å². The molecular weight excluding hydrogens is 566 g/mol. The molecule has 0 saturated carbocycles. The van der Waals surface area contributed by atoms with E-state index in [0.29, 0.717) is 31.7 Å². The zero-order chi connectivity index (χ0) is 30.3. The van der Waals surface area contributed by atoms with Crippen LogP contribution in [0.25, 0.3) is 0 Å². The monoisotopic (exact) mass is 599 g/mol. The van der Waals surface area contributed by atoms with Crippen molar-refractivity contribution in [3.63, 3.8) is 0 Å². The third-order valence-electron chi connectivity index (χ3n) is 8.14. The maximum atomic E-state index is 13.9. The lowest BCUT2D eigenvalue weighted by Crippen LogP contribution is -2.49. The predicted molar refractivity (Wildman–Crippen MR) is 146 cm³/mol. The highest BCUT2D eigenvalue weighted by molar-refractivity contribution is 7.89. The van der Waals surface area contributed by atoms with Crippen LogP contribution in [0.4, 0.5) is 0 Å². The van der Waals surface area contributed by atoms with Crippen LogP contribution in [0.5, 0.6) is 0 Å². The maximum absolute atomic E-state index is 13.9. The predicted octanol–water partition coefficient (Wildman–Crippen LogP) is 2.20. The number of aromatic nitrogens is 1. The number of hydrogen-bond acceptors (Lipinski definition) is 10. The van der Waals surface area contributed by atoms with Gasteiger partial charge in [0.05, 0.1) is 30.4 Å². The van der Waals surface area contributed by atoms with Crippen molar-refractivity contribution < 1.29 is 37.0 Å². The number of nitrogens with zero attached hydrogens (tertiary/aromatic N) is 3. The van der Waals surface area contributed by atoms with Gasteiger partial charge in [-0.25, -0.2) is 13.2 Å². The first-order valence-corrected chi connectivity index (χ1v) is 15.4. The summed E-state index contributed by atoms with van der Waals surface area (Å²) in [7, 11) is -4.07. The maximum Gasteiger partial charge on any atom is 0.355 e. The van der Waals surface area contributed by atoms with Crippen molar-refractivity contribution in [2.75, 3.05) is 26.4 Å². The van der Waals surface area contributed by atoms with Crippen molar-refractivity contribution in [2.24, 2.45) is 0 Å². The van der Waals surface area contributed by atoms with Gasteiger partial charge >= 0.3 is 11.9 Å². The summed E-state index contributed by atoms with van der Waals surface area (Å²) >= 11 is 0. The zero-order valence-electron chi connectivity index (χ0n) is 23.8. The molecule has 224 valence electrons. The van der Waals surface area contributed by atoms with Gasteiger partial charge in [-0.2, -0.15) is 9.57 Å². The molecule has 1 aromatic carbocycles. The Morgan fingerprint density at radius 2 is 1.86 bits per heavy atom. The first-order valence-electron chi connectivity index (χ1n) is 14.0. The third kappa shape index (κ3) is 4.72. The summed E-state index contributed by atoms with van der Waals surface area (Å²) in [4.78, 5) is 41.1. The van der Waals surface area contributed by atoms with Crippen LogP contribution in [-0.2, 0) is 56.5 Å². The Balaban J connectivity index is 1.59. The lowest BCUT2D eigenvalue weighted by Gasteiger charge is -2.34. The number of rotatable bonds is 8. The Hall–Kier alpha value is -3.57. The van der Waals surface area contributed by atoms with E-state index in [1.54, 1.807) is 26.0 Å². The molecule has 3 aliphatic rings. The lowest BCUT2D eigenvalue weighted by molar-refractivity contribution is -0.187. The van der Waals surface area contributed by atoms with Gasteiger partial charge in [-0.1, -0.05) is 24.6 Å². The van der Waals surface area contributed by atoms with Gasteiger partial charge < -0.3 is 23.5 Å². The van der Waals surface area contributed by atoms with Crippen LogP contribution in [0.15, 0.2) is 40.0 Å². The molecule has 2 saturated heterocycles. The molecule has 2 fully saturated rings. The number of pyridine rings is 1. The summed E-state index contributed by atoms with van der Waals surface area (Å²) in [5.74, 6) is -3.19. The quantitative estimate of drug-likeness (QED) is 0.413. The van der Waals surface area contributed by atoms with Crippen molar-refractivity contribution in [1.29, 1.82) is 5.26 Å². The highest BCUT2D eigenvalue weighted by atomic mass is 32.2. The number of hydrogen-bond donors (Lipinski definition) is 0. The molecule has 3 aliphatic heterocycles. The molecule has 42 heavy (non-hydrogen) atoms. The normalized spacial score (nSPS) is 21.0. The topological polar surface area (TPSA) is 154 Å². The average molecular weight is 600 g/mol. The number of carbonyl (C=O) groups excluding carboxylic acids is 2. The van der Waals surface area contributed by atoms with Crippen molar-refractivity contribution in [3.8, 4) is 6.07 Å². The van der Waals surface area contributed by atoms with E-state index in [1.807, 2.05) is 13.0 Å². The minimum Gasteiger partial charge on any atom is -0.463 e. The Labute approximate surface area is 243 Å². The standard InChI is InChI=1S/C29H33N3O9S/c1-4-28(27(35)38-5-2,22-17-24-29(39-15-16-40-29)12-14-31(24)25(33)21(22)18-30)41-26(34)23-7-6-13-32(23)42(36,37)20-10-8-19(3)9-11-20/h8-11,17,23H,4-7,12-16H2,1-3H3/t23-,28+/m0/s1. The van der Waals surface area contributed by atoms with Gasteiger partial charge in [0.15, 0.2) is 0 Å². The molecule has 0 unspecified atom stereocenters. The lowest BCUT2D eigenvalue weighted by atomic mass is 9.86. The molecule has 2 atom stereocenters. The summed E-state index contributed by atoms with van der Waals surface area (Å²) in [6.45, 7) is 5.79. The number of benzene rings is 1. The minimum absolute atomic E-state index is 0.0280. The fourth-order valence-corrected chi connectivity index (χ4v) is 7.60. The van der Waals surface area contributed by atoms with E-state index in [2.05, 4.69) is 0 Å². The van der Waals surface area contributed by atoms with E-state index in [-0.39, 0.29) is 48.6 Å². The average Bonchev–Trinajstić information content (AvgIpc) is 3.74. The summed E-state index contributed by atoms with van der Waals surface area (Å²) in [6.07, 6.45) is 0.684. The Morgan fingerprint density at radius 3 is 2.48 bits per heavy atom. The molecule has 0 radical (unpaired) electrons. The number of ether oxygens (including phenoxy) is 4. The highest BCUT2D eigenvalue weighted by Crippen LogP contribution is 2.43. The molecule has 5 rings (SSSR count). The van der Waals surface area contributed by atoms with Crippen LogP contribution in [0.2, 0.25) is 0 Å². The number of carbonyl (C=O) groups is 2. The van der Waals surface area contributed by atoms with Crippen LogP contribution in [0.1, 0.15) is 61.9 Å². The summed E-state index contributed by atoms with van der Waals surface area (Å²) in [5.41, 5.74) is -2.24. The molecule has 0 N–H and O–H groups in total. The van der Waals surface area contributed by atoms with Crippen LogP contribution >= 0.6 is 0 Å². The SMILES string of the molecule is CCOC(=O)[C@](CC)(OC(=O)[C@@H]1CCCN1S(=O)(=O)c1ccc(C)cc1)c1cc2n(c(=O)c1C#N)CCC21OCCO1. The molecule has 0 amide bonds. The second-order valence-corrected chi connectivity index (χ2v) is 12.4. The molecule has 0 aliphatic carbocycles. The first kappa shape index (κ1) is 29.9. The van der Waals surface area contributed by atoms with Gasteiger partial charge in [0, 0.05) is 25.1 Å².